The molecule has 1 aliphatic rings. The molecule has 2 aromatic rings. The van der Waals surface area contributed by atoms with Gasteiger partial charge in [-0.3, -0.25) is 4.79 Å². The summed E-state index contributed by atoms with van der Waals surface area (Å²) in [6.07, 6.45) is 0. The largest absolute Gasteiger partial charge is 0.494 e. The van der Waals surface area contributed by atoms with E-state index in [1.54, 1.807) is 43.3 Å². The first-order valence-corrected chi connectivity index (χ1v) is 9.80. The molecule has 3 rings (SSSR count). The Morgan fingerprint density at radius 1 is 1.07 bits per heavy atom. The molecule has 7 nitrogen and oxygen atoms in total. The van der Waals surface area contributed by atoms with Gasteiger partial charge in [0.05, 0.1) is 37.7 Å². The van der Waals surface area contributed by atoms with E-state index in [2.05, 4.69) is 10.2 Å². The summed E-state index contributed by atoms with van der Waals surface area (Å²) >= 11 is 0. The van der Waals surface area contributed by atoms with Gasteiger partial charge in [0.15, 0.2) is 0 Å². The van der Waals surface area contributed by atoms with Crippen LogP contribution in [0.3, 0.4) is 0 Å². The third-order valence-corrected chi connectivity index (χ3v) is 4.51. The highest BCUT2D eigenvalue weighted by atomic mass is 16.5. The molecule has 0 aromatic heterocycles. The molecular weight excluding hydrogens is 372 g/mol. The van der Waals surface area contributed by atoms with Crippen LogP contribution in [0.25, 0.3) is 0 Å². The molecule has 0 spiro atoms. The monoisotopic (exact) mass is 398 g/mol. The zero-order valence-electron chi connectivity index (χ0n) is 16.8. The molecule has 0 saturated carbocycles. The Morgan fingerprint density at radius 3 is 2.59 bits per heavy atom. The Balaban J connectivity index is 1.83. The smallest absolute Gasteiger partial charge is 0.340 e. The van der Waals surface area contributed by atoms with Crippen molar-refractivity contribution in [2.75, 3.05) is 49.7 Å². The number of nitrogens with zero attached hydrogens (tertiary/aromatic N) is 1. The minimum absolute atomic E-state index is 0.277. The van der Waals surface area contributed by atoms with E-state index in [1.807, 2.05) is 13.0 Å². The lowest BCUT2D eigenvalue weighted by atomic mass is 10.1. The van der Waals surface area contributed by atoms with Crippen LogP contribution in [0.5, 0.6) is 5.75 Å². The van der Waals surface area contributed by atoms with Crippen LogP contribution in [0, 0.1) is 0 Å². The Hall–Kier alpha value is -3.06. The van der Waals surface area contributed by atoms with Gasteiger partial charge in [-0.1, -0.05) is 6.07 Å². The standard InChI is InChI=1S/C22H26N2O5/c1-3-28-18-7-5-6-16(14-18)21(25)23-17-8-9-20(24-10-12-27-13-11-24)19(15-17)22(26)29-4-2/h5-9,14-15H,3-4,10-13H2,1-2H3,(H,23,25). The summed E-state index contributed by atoms with van der Waals surface area (Å²) in [4.78, 5) is 27.3. The molecule has 0 aliphatic carbocycles. The maximum atomic E-state index is 12.7. The molecule has 0 atom stereocenters. The first kappa shape index (κ1) is 20.7. The number of nitrogens with one attached hydrogen (secondary N) is 1. The predicted octanol–water partition coefficient (Wildman–Crippen LogP) is 3.35. The summed E-state index contributed by atoms with van der Waals surface area (Å²) in [5, 5.41) is 2.85. The van der Waals surface area contributed by atoms with Crippen molar-refractivity contribution in [2.45, 2.75) is 13.8 Å². The fourth-order valence-corrected chi connectivity index (χ4v) is 3.16. The fourth-order valence-electron chi connectivity index (χ4n) is 3.16. The molecular formula is C22H26N2O5. The zero-order chi connectivity index (χ0) is 20.6. The Kier molecular flexibility index (Phi) is 7.08. The average molecular weight is 398 g/mol. The molecule has 154 valence electrons. The van der Waals surface area contributed by atoms with E-state index >= 15 is 0 Å². The normalized spacial score (nSPS) is 13.7. The molecule has 1 N–H and O–H groups in total. The van der Waals surface area contributed by atoms with Gasteiger partial charge in [-0.2, -0.15) is 0 Å². The first-order valence-electron chi connectivity index (χ1n) is 9.80. The van der Waals surface area contributed by atoms with E-state index in [0.29, 0.717) is 55.5 Å². The van der Waals surface area contributed by atoms with Crippen LogP contribution in [0.15, 0.2) is 42.5 Å². The second kappa shape index (κ2) is 9.93. The number of carbonyl (C=O) groups excluding carboxylic acids is 2. The molecule has 0 unspecified atom stereocenters. The van der Waals surface area contributed by atoms with Crippen LogP contribution in [0.1, 0.15) is 34.6 Å². The summed E-state index contributed by atoms with van der Waals surface area (Å²) in [6, 6.07) is 12.3. The number of esters is 1. The van der Waals surface area contributed by atoms with E-state index in [9.17, 15) is 9.59 Å². The minimum atomic E-state index is -0.413. The van der Waals surface area contributed by atoms with Gasteiger partial charge in [0.1, 0.15) is 5.75 Å². The van der Waals surface area contributed by atoms with E-state index in [1.165, 1.54) is 0 Å². The van der Waals surface area contributed by atoms with E-state index in [4.69, 9.17) is 14.2 Å². The topological polar surface area (TPSA) is 77.1 Å². The maximum Gasteiger partial charge on any atom is 0.340 e. The summed E-state index contributed by atoms with van der Waals surface area (Å²) < 4.78 is 16.1. The minimum Gasteiger partial charge on any atom is -0.494 e. The van der Waals surface area contributed by atoms with Crippen LogP contribution in [-0.4, -0.2) is 51.4 Å². The third kappa shape index (κ3) is 5.26. The molecule has 1 heterocycles. The molecule has 1 fully saturated rings. The van der Waals surface area contributed by atoms with Gasteiger partial charge in [-0.05, 0) is 50.2 Å². The zero-order valence-corrected chi connectivity index (χ0v) is 16.8. The third-order valence-electron chi connectivity index (χ3n) is 4.51. The van der Waals surface area contributed by atoms with Crippen LogP contribution < -0.4 is 15.0 Å². The lowest BCUT2D eigenvalue weighted by Gasteiger charge is -2.30. The predicted molar refractivity (Wildman–Crippen MR) is 111 cm³/mol. The van der Waals surface area contributed by atoms with Crippen molar-refractivity contribution in [3.63, 3.8) is 0 Å². The van der Waals surface area contributed by atoms with Crippen molar-refractivity contribution < 1.29 is 23.8 Å². The van der Waals surface area contributed by atoms with Gasteiger partial charge in [-0.25, -0.2) is 4.79 Å². The second-order valence-electron chi connectivity index (χ2n) is 6.47. The maximum absolute atomic E-state index is 12.7. The van der Waals surface area contributed by atoms with Crippen molar-refractivity contribution in [2.24, 2.45) is 0 Å². The number of hydrogen-bond acceptors (Lipinski definition) is 6. The highest BCUT2D eigenvalue weighted by Crippen LogP contribution is 2.27. The Morgan fingerprint density at radius 2 is 1.86 bits per heavy atom. The number of morpholine rings is 1. The molecule has 29 heavy (non-hydrogen) atoms. The quantitative estimate of drug-likeness (QED) is 0.721. The van der Waals surface area contributed by atoms with E-state index in [0.717, 1.165) is 5.69 Å². The number of rotatable bonds is 7. The summed E-state index contributed by atoms with van der Waals surface area (Å²) in [6.45, 7) is 7.07. The summed E-state index contributed by atoms with van der Waals surface area (Å²) in [7, 11) is 0. The van der Waals surface area contributed by atoms with Crippen molar-refractivity contribution in [1.82, 2.24) is 0 Å². The van der Waals surface area contributed by atoms with Crippen LogP contribution >= 0.6 is 0 Å². The van der Waals surface area contributed by atoms with Crippen molar-refractivity contribution in [1.29, 1.82) is 0 Å². The lowest BCUT2D eigenvalue weighted by molar-refractivity contribution is 0.0526. The average Bonchev–Trinajstić information content (AvgIpc) is 2.75. The second-order valence-corrected chi connectivity index (χ2v) is 6.47. The van der Waals surface area contributed by atoms with E-state index in [-0.39, 0.29) is 12.5 Å². The van der Waals surface area contributed by atoms with Crippen LogP contribution in [0.4, 0.5) is 11.4 Å². The highest BCUT2D eigenvalue weighted by Gasteiger charge is 2.21. The molecule has 7 heteroatoms. The van der Waals surface area contributed by atoms with Gasteiger partial charge in [0.25, 0.3) is 5.91 Å². The highest BCUT2D eigenvalue weighted by molar-refractivity contribution is 6.05. The molecule has 1 aliphatic heterocycles. The summed E-state index contributed by atoms with van der Waals surface area (Å²) in [5.41, 5.74) is 2.21. The molecule has 0 radical (unpaired) electrons. The van der Waals surface area contributed by atoms with Crippen molar-refractivity contribution in [3.8, 4) is 5.75 Å². The SMILES string of the molecule is CCOC(=O)c1cc(NC(=O)c2cccc(OCC)c2)ccc1N1CCOCC1. The number of amides is 1. The molecule has 1 amide bonds. The van der Waals surface area contributed by atoms with Gasteiger partial charge < -0.3 is 24.4 Å². The fraction of sp³-hybridized carbons (Fsp3) is 0.364. The van der Waals surface area contributed by atoms with Gasteiger partial charge in [0, 0.05) is 24.3 Å². The van der Waals surface area contributed by atoms with Crippen LogP contribution in [-0.2, 0) is 9.47 Å². The number of anilines is 2. The molecule has 0 bridgehead atoms. The number of carbonyl (C=O) groups is 2. The van der Waals surface area contributed by atoms with Crippen molar-refractivity contribution >= 4 is 23.3 Å². The van der Waals surface area contributed by atoms with Gasteiger partial charge in [0.2, 0.25) is 0 Å². The number of ether oxygens (including phenoxy) is 3. The number of hydrogen-bond donors (Lipinski definition) is 1. The molecule has 1 saturated heterocycles. The number of benzene rings is 2. The van der Waals surface area contributed by atoms with Crippen molar-refractivity contribution in [3.05, 3.63) is 53.6 Å². The summed E-state index contributed by atoms with van der Waals surface area (Å²) in [5.74, 6) is -0.0565. The Bertz CT molecular complexity index is 862. The van der Waals surface area contributed by atoms with Gasteiger partial charge in [-0.15, -0.1) is 0 Å². The van der Waals surface area contributed by atoms with Gasteiger partial charge >= 0.3 is 5.97 Å². The molecule has 2 aromatic carbocycles. The first-order chi connectivity index (χ1) is 14.1. The Labute approximate surface area is 170 Å². The van der Waals surface area contributed by atoms with Crippen LogP contribution in [0.2, 0.25) is 0 Å². The lowest BCUT2D eigenvalue weighted by Crippen LogP contribution is -2.37. The van der Waals surface area contributed by atoms with E-state index < -0.39 is 5.97 Å².